The topological polar surface area (TPSA) is 29.9 Å². The molecule has 0 saturated heterocycles. The predicted molar refractivity (Wildman–Crippen MR) is 97.0 cm³/mol. The van der Waals surface area contributed by atoms with E-state index in [-0.39, 0.29) is 0 Å². The first kappa shape index (κ1) is 17.2. The first-order valence-electron chi connectivity index (χ1n) is 7.24. The van der Waals surface area contributed by atoms with E-state index in [9.17, 15) is 0 Å². The molecule has 21 heavy (non-hydrogen) atoms. The van der Waals surface area contributed by atoms with Crippen molar-refractivity contribution >= 4 is 43.2 Å². The average Bonchev–Trinajstić information content (AvgIpc) is 3.00. The van der Waals surface area contributed by atoms with Crippen LogP contribution in [-0.4, -0.2) is 16.3 Å². The number of hydrogen-bond donors (Lipinski definition) is 1. The van der Waals surface area contributed by atoms with Gasteiger partial charge in [-0.2, -0.15) is 5.10 Å². The van der Waals surface area contributed by atoms with Gasteiger partial charge in [0, 0.05) is 34.2 Å². The number of thiophene rings is 1. The average molecular weight is 435 g/mol. The van der Waals surface area contributed by atoms with E-state index in [0.717, 1.165) is 40.4 Å². The first-order chi connectivity index (χ1) is 10.1. The number of aromatic nitrogens is 2. The largest absolute Gasteiger partial charge is 0.309 e. The van der Waals surface area contributed by atoms with Crippen LogP contribution in [0.15, 0.2) is 20.4 Å². The summed E-state index contributed by atoms with van der Waals surface area (Å²) in [4.78, 5) is 1.36. The second kappa shape index (κ2) is 7.90. The van der Waals surface area contributed by atoms with Gasteiger partial charge in [0.2, 0.25) is 0 Å². The van der Waals surface area contributed by atoms with Gasteiger partial charge in [0.25, 0.3) is 0 Å². The van der Waals surface area contributed by atoms with Crippen LogP contribution in [0.1, 0.15) is 42.6 Å². The van der Waals surface area contributed by atoms with Crippen molar-refractivity contribution in [2.45, 2.75) is 39.2 Å². The van der Waals surface area contributed by atoms with Crippen molar-refractivity contribution in [2.75, 3.05) is 6.54 Å². The van der Waals surface area contributed by atoms with Crippen LogP contribution in [0.3, 0.4) is 0 Å². The molecule has 2 aromatic heterocycles. The van der Waals surface area contributed by atoms with Crippen molar-refractivity contribution in [3.63, 3.8) is 0 Å². The maximum Gasteiger partial charge on any atom is 0.0766 e. The van der Waals surface area contributed by atoms with Gasteiger partial charge in [0.05, 0.1) is 15.9 Å². The fourth-order valence-corrected chi connectivity index (χ4v) is 4.64. The van der Waals surface area contributed by atoms with Gasteiger partial charge in [-0.25, -0.2) is 0 Å². The minimum atomic E-state index is 0.331. The molecule has 0 aromatic carbocycles. The second-order valence-corrected chi connectivity index (χ2v) is 7.71. The summed E-state index contributed by atoms with van der Waals surface area (Å²) >= 11 is 9.07. The Labute approximate surface area is 147 Å². The maximum atomic E-state index is 4.60. The van der Waals surface area contributed by atoms with E-state index in [0.29, 0.717) is 6.04 Å². The molecule has 1 N–H and O–H groups in total. The van der Waals surface area contributed by atoms with Crippen molar-refractivity contribution in [3.05, 3.63) is 36.7 Å². The van der Waals surface area contributed by atoms with E-state index >= 15 is 0 Å². The zero-order chi connectivity index (χ0) is 15.4. The third-order valence-electron chi connectivity index (χ3n) is 3.47. The lowest BCUT2D eigenvalue weighted by atomic mass is 10.1. The Morgan fingerprint density at radius 2 is 2.14 bits per heavy atom. The van der Waals surface area contributed by atoms with Gasteiger partial charge in [-0.05, 0) is 57.3 Å². The molecular weight excluding hydrogens is 414 g/mol. The fourth-order valence-electron chi connectivity index (χ4n) is 2.34. The molecule has 0 saturated carbocycles. The van der Waals surface area contributed by atoms with Crippen molar-refractivity contribution in [3.8, 4) is 0 Å². The number of aryl methyl sites for hydroxylation is 2. The molecule has 0 fully saturated rings. The van der Waals surface area contributed by atoms with Crippen LogP contribution in [0.5, 0.6) is 0 Å². The van der Waals surface area contributed by atoms with E-state index < -0.39 is 0 Å². The zero-order valence-corrected chi connectivity index (χ0v) is 16.6. The molecule has 0 radical (unpaired) electrons. The Bertz CT molecular complexity index is 592. The lowest BCUT2D eigenvalue weighted by molar-refractivity contribution is 0.518. The molecule has 0 aliphatic heterocycles. The molecule has 116 valence electrons. The van der Waals surface area contributed by atoms with Gasteiger partial charge in [0.15, 0.2) is 0 Å². The summed E-state index contributed by atoms with van der Waals surface area (Å²) < 4.78 is 4.32. The molecular formula is C15H21Br2N3S. The summed E-state index contributed by atoms with van der Waals surface area (Å²) in [6, 6.07) is 2.54. The van der Waals surface area contributed by atoms with Crippen LogP contribution >= 0.6 is 43.2 Å². The van der Waals surface area contributed by atoms with Gasteiger partial charge in [-0.3, -0.25) is 4.68 Å². The highest BCUT2D eigenvalue weighted by Gasteiger charge is 2.19. The van der Waals surface area contributed by atoms with Crippen molar-refractivity contribution < 1.29 is 0 Å². The van der Waals surface area contributed by atoms with Gasteiger partial charge in [0.1, 0.15) is 0 Å². The van der Waals surface area contributed by atoms with E-state index in [2.05, 4.69) is 67.6 Å². The number of nitrogens with zero attached hydrogens (tertiary/aromatic N) is 2. The monoisotopic (exact) mass is 433 g/mol. The Hall–Kier alpha value is -0.170. The van der Waals surface area contributed by atoms with Crippen molar-refractivity contribution in [2.24, 2.45) is 7.05 Å². The number of hydrogen-bond acceptors (Lipinski definition) is 3. The molecule has 1 unspecified atom stereocenters. The summed E-state index contributed by atoms with van der Waals surface area (Å²) in [5.41, 5.74) is 2.39. The van der Waals surface area contributed by atoms with Crippen LogP contribution in [0.2, 0.25) is 0 Å². The minimum Gasteiger partial charge on any atom is -0.309 e. The molecule has 0 bridgehead atoms. The molecule has 2 heterocycles. The zero-order valence-electron chi connectivity index (χ0n) is 12.6. The Morgan fingerprint density at radius 3 is 2.67 bits per heavy atom. The molecule has 2 aromatic rings. The van der Waals surface area contributed by atoms with E-state index in [1.165, 1.54) is 10.6 Å². The van der Waals surface area contributed by atoms with Crippen molar-refractivity contribution in [1.29, 1.82) is 0 Å². The Balaban J connectivity index is 2.24. The van der Waals surface area contributed by atoms with Gasteiger partial charge < -0.3 is 5.32 Å². The molecule has 6 heteroatoms. The maximum absolute atomic E-state index is 4.60. The van der Waals surface area contributed by atoms with Gasteiger partial charge in [-0.15, -0.1) is 11.3 Å². The lowest BCUT2D eigenvalue weighted by Crippen LogP contribution is -2.24. The standard InChI is InChI=1S/C15H21Br2N3S/c1-4-6-18-12(14-7-10(16)9-21-14)8-13-15(17)11(5-2)19-20(13)3/h7,9,12,18H,4-6,8H2,1-3H3. The van der Waals surface area contributed by atoms with Gasteiger partial charge in [-0.1, -0.05) is 13.8 Å². The number of nitrogens with one attached hydrogen (secondary N) is 1. The van der Waals surface area contributed by atoms with Crippen molar-refractivity contribution in [1.82, 2.24) is 15.1 Å². The smallest absolute Gasteiger partial charge is 0.0766 e. The SMILES string of the molecule is CCCNC(Cc1c(Br)c(CC)nn1C)c1cc(Br)cs1. The van der Waals surface area contributed by atoms with Crippen LogP contribution in [0.4, 0.5) is 0 Å². The number of halogens is 2. The Morgan fingerprint density at radius 1 is 1.38 bits per heavy atom. The fraction of sp³-hybridized carbons (Fsp3) is 0.533. The summed E-state index contributed by atoms with van der Waals surface area (Å²) in [5, 5.41) is 10.4. The highest BCUT2D eigenvalue weighted by atomic mass is 79.9. The molecule has 0 spiro atoms. The van der Waals surface area contributed by atoms with Crippen LogP contribution in [0.25, 0.3) is 0 Å². The van der Waals surface area contributed by atoms with Gasteiger partial charge >= 0.3 is 0 Å². The van der Waals surface area contributed by atoms with Crippen LogP contribution in [-0.2, 0) is 19.9 Å². The highest BCUT2D eigenvalue weighted by molar-refractivity contribution is 9.10. The predicted octanol–water partition coefficient (Wildman–Crippen LogP) is 4.85. The summed E-state index contributed by atoms with van der Waals surface area (Å²) in [5.74, 6) is 0. The summed E-state index contributed by atoms with van der Waals surface area (Å²) in [7, 11) is 2.03. The number of rotatable bonds is 7. The minimum absolute atomic E-state index is 0.331. The van der Waals surface area contributed by atoms with E-state index in [1.54, 1.807) is 11.3 Å². The van der Waals surface area contributed by atoms with E-state index in [1.807, 2.05) is 11.7 Å². The highest BCUT2D eigenvalue weighted by Crippen LogP contribution is 2.31. The quantitative estimate of drug-likeness (QED) is 0.674. The first-order valence-corrected chi connectivity index (χ1v) is 9.70. The Kier molecular flexibility index (Phi) is 6.47. The molecule has 0 aliphatic carbocycles. The molecule has 0 aliphatic rings. The van der Waals surface area contributed by atoms with Crippen LogP contribution in [0, 0.1) is 0 Å². The normalized spacial score (nSPS) is 12.8. The van der Waals surface area contributed by atoms with Crippen LogP contribution < -0.4 is 5.32 Å². The second-order valence-electron chi connectivity index (χ2n) is 5.06. The molecule has 1 atom stereocenters. The molecule has 0 amide bonds. The third kappa shape index (κ3) is 4.18. The molecule has 2 rings (SSSR count). The molecule has 3 nitrogen and oxygen atoms in total. The summed E-state index contributed by atoms with van der Waals surface area (Å²) in [6.45, 7) is 5.36. The lowest BCUT2D eigenvalue weighted by Gasteiger charge is -2.17. The van der Waals surface area contributed by atoms with E-state index in [4.69, 9.17) is 0 Å². The third-order valence-corrected chi connectivity index (χ3v) is 6.19. The summed E-state index contributed by atoms with van der Waals surface area (Å²) in [6.07, 6.45) is 3.03.